The number of rotatable bonds is 5. The van der Waals surface area contributed by atoms with Crippen LogP contribution in [0.15, 0.2) is 24.3 Å². The van der Waals surface area contributed by atoms with Crippen molar-refractivity contribution >= 4 is 5.97 Å². The number of ether oxygens (including phenoxy) is 1. The monoisotopic (exact) mass is 299 g/mol. The third-order valence-corrected chi connectivity index (χ3v) is 2.69. The Morgan fingerprint density at radius 2 is 2.00 bits per heavy atom. The minimum absolute atomic E-state index is 0.0479. The van der Waals surface area contributed by atoms with Gasteiger partial charge in [0.15, 0.2) is 5.69 Å². The van der Waals surface area contributed by atoms with Crippen LogP contribution in [0.4, 0.5) is 13.2 Å². The zero-order valence-corrected chi connectivity index (χ0v) is 11.1. The lowest BCUT2D eigenvalue weighted by atomic mass is 10.2. The summed E-state index contributed by atoms with van der Waals surface area (Å²) in [6.07, 6.45) is -2.93. The second-order valence-corrected chi connectivity index (χ2v) is 4.13. The van der Waals surface area contributed by atoms with E-state index in [0.29, 0.717) is 5.56 Å². The van der Waals surface area contributed by atoms with Gasteiger partial charge >= 0.3 is 5.97 Å². The Kier molecular flexibility index (Phi) is 4.56. The molecular formula is C13H12F3N3O2. The zero-order valence-electron chi connectivity index (χ0n) is 11.1. The molecule has 0 saturated carbocycles. The third kappa shape index (κ3) is 3.39. The van der Waals surface area contributed by atoms with E-state index in [-0.39, 0.29) is 13.2 Å². The highest BCUT2D eigenvalue weighted by Gasteiger charge is 2.27. The van der Waals surface area contributed by atoms with E-state index in [0.717, 1.165) is 4.68 Å². The molecule has 0 aliphatic heterocycles. The lowest BCUT2D eigenvalue weighted by Crippen LogP contribution is -2.12. The largest absolute Gasteiger partial charge is 0.461 e. The summed E-state index contributed by atoms with van der Waals surface area (Å²) in [5, 5.41) is 7.00. The van der Waals surface area contributed by atoms with Crippen LogP contribution in [0.5, 0.6) is 0 Å². The number of nitrogens with zero attached hydrogens (tertiary/aromatic N) is 3. The second-order valence-electron chi connectivity index (χ2n) is 4.13. The van der Waals surface area contributed by atoms with Crippen LogP contribution in [0, 0.1) is 5.82 Å². The van der Waals surface area contributed by atoms with Gasteiger partial charge in [-0.05, 0) is 24.6 Å². The molecule has 0 aliphatic carbocycles. The molecule has 0 N–H and O–H groups in total. The fraction of sp³-hybridized carbons (Fsp3) is 0.308. The lowest BCUT2D eigenvalue weighted by molar-refractivity contribution is 0.0506. The van der Waals surface area contributed by atoms with Crippen molar-refractivity contribution < 1.29 is 22.7 Å². The summed E-state index contributed by atoms with van der Waals surface area (Å²) in [5.74, 6) is -1.38. The Labute approximate surface area is 118 Å². The molecule has 8 heteroatoms. The van der Waals surface area contributed by atoms with E-state index in [2.05, 4.69) is 15.0 Å². The van der Waals surface area contributed by atoms with Crippen LogP contribution >= 0.6 is 0 Å². The van der Waals surface area contributed by atoms with Crippen LogP contribution in [-0.4, -0.2) is 27.6 Å². The first-order valence-corrected chi connectivity index (χ1v) is 6.16. The minimum Gasteiger partial charge on any atom is -0.461 e. The quantitative estimate of drug-likeness (QED) is 0.796. The van der Waals surface area contributed by atoms with Crippen molar-refractivity contribution in [1.29, 1.82) is 0 Å². The maximum atomic E-state index is 13.1. The molecule has 0 atom stereocenters. The molecule has 0 bridgehead atoms. The first-order chi connectivity index (χ1) is 10.0. The van der Waals surface area contributed by atoms with Crippen LogP contribution in [0.25, 0.3) is 0 Å². The van der Waals surface area contributed by atoms with Crippen molar-refractivity contribution in [2.24, 2.45) is 0 Å². The predicted molar refractivity (Wildman–Crippen MR) is 66.4 cm³/mol. The molecule has 1 aromatic carbocycles. The average Bonchev–Trinajstić information content (AvgIpc) is 2.85. The molecule has 2 rings (SSSR count). The molecule has 1 heterocycles. The van der Waals surface area contributed by atoms with E-state index >= 15 is 0 Å². The van der Waals surface area contributed by atoms with Gasteiger partial charge in [-0.3, -0.25) is 0 Å². The van der Waals surface area contributed by atoms with Crippen LogP contribution < -0.4 is 0 Å². The number of aromatic nitrogens is 3. The topological polar surface area (TPSA) is 57.0 Å². The van der Waals surface area contributed by atoms with Gasteiger partial charge in [-0.1, -0.05) is 17.3 Å². The molecule has 0 fully saturated rings. The van der Waals surface area contributed by atoms with Crippen molar-refractivity contribution in [3.8, 4) is 0 Å². The molecule has 0 unspecified atom stereocenters. The van der Waals surface area contributed by atoms with Crippen LogP contribution in [0.2, 0.25) is 0 Å². The zero-order chi connectivity index (χ0) is 15.4. The van der Waals surface area contributed by atoms with Crippen LogP contribution in [0.3, 0.4) is 0 Å². The molecule has 0 radical (unpaired) electrons. The Hall–Kier alpha value is -2.38. The first-order valence-electron chi connectivity index (χ1n) is 6.16. The second kappa shape index (κ2) is 6.38. The summed E-state index contributed by atoms with van der Waals surface area (Å²) in [4.78, 5) is 11.6. The number of hydrogen-bond acceptors (Lipinski definition) is 4. The van der Waals surface area contributed by atoms with Gasteiger partial charge in [0.05, 0.1) is 13.2 Å². The van der Waals surface area contributed by atoms with E-state index < -0.39 is 29.6 Å². The molecule has 0 aliphatic rings. The molecule has 0 amide bonds. The fourth-order valence-electron chi connectivity index (χ4n) is 1.76. The van der Waals surface area contributed by atoms with E-state index in [1.807, 2.05) is 0 Å². The van der Waals surface area contributed by atoms with E-state index in [1.54, 1.807) is 6.92 Å². The van der Waals surface area contributed by atoms with Gasteiger partial charge in [-0.25, -0.2) is 22.6 Å². The normalized spacial score (nSPS) is 10.9. The number of carbonyl (C=O) groups excluding carboxylic acids is 1. The molecule has 5 nitrogen and oxygen atoms in total. The van der Waals surface area contributed by atoms with Crippen molar-refractivity contribution in [1.82, 2.24) is 15.0 Å². The summed E-state index contributed by atoms with van der Waals surface area (Å²) in [6.45, 7) is 1.56. The van der Waals surface area contributed by atoms with Gasteiger partial charge in [-0.2, -0.15) is 0 Å². The van der Waals surface area contributed by atoms with E-state index in [4.69, 9.17) is 0 Å². The van der Waals surface area contributed by atoms with Crippen molar-refractivity contribution in [2.75, 3.05) is 6.61 Å². The van der Waals surface area contributed by atoms with Gasteiger partial charge < -0.3 is 4.74 Å². The number of carbonyl (C=O) groups is 1. The molecule has 0 saturated heterocycles. The third-order valence-electron chi connectivity index (χ3n) is 2.69. The Morgan fingerprint density at radius 3 is 2.57 bits per heavy atom. The maximum Gasteiger partial charge on any atom is 0.361 e. The summed E-state index contributed by atoms with van der Waals surface area (Å²) in [7, 11) is 0. The number of alkyl halides is 2. The number of esters is 1. The van der Waals surface area contributed by atoms with Crippen LogP contribution in [-0.2, 0) is 11.3 Å². The Bertz CT molecular complexity index is 626. The number of halogens is 3. The van der Waals surface area contributed by atoms with Gasteiger partial charge in [0, 0.05) is 0 Å². The molecule has 21 heavy (non-hydrogen) atoms. The summed E-state index contributed by atoms with van der Waals surface area (Å²) >= 11 is 0. The molecular weight excluding hydrogens is 287 g/mol. The molecule has 1 aromatic heterocycles. The van der Waals surface area contributed by atoms with Gasteiger partial charge in [-0.15, -0.1) is 5.10 Å². The fourth-order valence-corrected chi connectivity index (χ4v) is 1.76. The van der Waals surface area contributed by atoms with Gasteiger partial charge in [0.25, 0.3) is 6.43 Å². The summed E-state index contributed by atoms with van der Waals surface area (Å²) in [6, 6.07) is 5.30. The standard InChI is InChI=1S/C13H12F3N3O2/c1-2-21-13(20)10-11(12(15)16)19(18-17-10)7-8-3-5-9(14)6-4-8/h3-6,12H,2,7H2,1H3. The van der Waals surface area contributed by atoms with E-state index in [9.17, 15) is 18.0 Å². The summed E-state index contributed by atoms with van der Waals surface area (Å²) < 4.78 is 44.6. The van der Waals surface area contributed by atoms with Crippen molar-refractivity contribution in [2.45, 2.75) is 19.9 Å². The Balaban J connectivity index is 2.31. The van der Waals surface area contributed by atoms with Gasteiger partial charge in [0.1, 0.15) is 11.5 Å². The molecule has 2 aromatic rings. The van der Waals surface area contributed by atoms with E-state index in [1.165, 1.54) is 24.3 Å². The number of benzene rings is 1. The first kappa shape index (κ1) is 15.0. The molecule has 112 valence electrons. The lowest BCUT2D eigenvalue weighted by Gasteiger charge is -2.07. The maximum absolute atomic E-state index is 13.1. The molecule has 0 spiro atoms. The highest BCUT2D eigenvalue weighted by atomic mass is 19.3. The average molecular weight is 299 g/mol. The minimum atomic E-state index is -2.93. The smallest absolute Gasteiger partial charge is 0.361 e. The van der Waals surface area contributed by atoms with Crippen molar-refractivity contribution in [3.05, 3.63) is 47.0 Å². The number of hydrogen-bond donors (Lipinski definition) is 0. The Morgan fingerprint density at radius 1 is 1.33 bits per heavy atom. The SMILES string of the molecule is CCOC(=O)c1nnn(Cc2ccc(F)cc2)c1C(F)F. The highest BCUT2D eigenvalue weighted by molar-refractivity contribution is 5.88. The van der Waals surface area contributed by atoms with Crippen LogP contribution in [0.1, 0.15) is 35.1 Å². The highest BCUT2D eigenvalue weighted by Crippen LogP contribution is 2.23. The predicted octanol–water partition coefficient (Wildman–Crippen LogP) is 2.58. The van der Waals surface area contributed by atoms with Crippen molar-refractivity contribution in [3.63, 3.8) is 0 Å². The van der Waals surface area contributed by atoms with Gasteiger partial charge in [0.2, 0.25) is 0 Å². The summed E-state index contributed by atoms with van der Waals surface area (Å²) in [5.41, 5.74) is -0.564.